The number of benzene rings is 1. The van der Waals surface area contributed by atoms with Crippen LogP contribution < -0.4 is 0 Å². The first kappa shape index (κ1) is 18.1. The molecule has 0 fully saturated rings. The molecule has 1 heterocycles. The van der Waals surface area contributed by atoms with E-state index >= 15 is 0 Å². The van der Waals surface area contributed by atoms with Gasteiger partial charge in [-0.05, 0) is 31.5 Å². The number of nitrogens with zero attached hydrogens (tertiary/aromatic N) is 3. The van der Waals surface area contributed by atoms with Gasteiger partial charge in [-0.1, -0.05) is 28.1 Å². The zero-order valence-corrected chi connectivity index (χ0v) is 15.0. The van der Waals surface area contributed by atoms with Crippen molar-refractivity contribution in [3.8, 4) is 0 Å². The van der Waals surface area contributed by atoms with Crippen molar-refractivity contribution in [2.24, 2.45) is 0 Å². The SMILES string of the molecule is CCOC(=O)C(Cc1ccc(Br)cc1)(C(=O)OCC)n1nccn1. The van der Waals surface area contributed by atoms with E-state index < -0.39 is 17.5 Å². The third-order valence-corrected chi connectivity index (χ3v) is 3.89. The first-order valence-electron chi connectivity index (χ1n) is 7.50. The lowest BCUT2D eigenvalue weighted by molar-refractivity contribution is -0.172. The van der Waals surface area contributed by atoms with E-state index in [2.05, 4.69) is 26.1 Å². The van der Waals surface area contributed by atoms with Gasteiger partial charge in [-0.25, -0.2) is 9.59 Å². The monoisotopic (exact) mass is 395 g/mol. The number of halogens is 1. The summed E-state index contributed by atoms with van der Waals surface area (Å²) in [6.07, 6.45) is 2.82. The third-order valence-electron chi connectivity index (χ3n) is 3.36. The van der Waals surface area contributed by atoms with Gasteiger partial charge in [-0.3, -0.25) is 0 Å². The van der Waals surface area contributed by atoms with E-state index in [1.54, 1.807) is 26.0 Å². The molecular formula is C16H18BrN3O4. The van der Waals surface area contributed by atoms with Crippen molar-refractivity contribution >= 4 is 27.9 Å². The molecule has 0 bridgehead atoms. The van der Waals surface area contributed by atoms with Gasteiger partial charge >= 0.3 is 11.9 Å². The van der Waals surface area contributed by atoms with Gasteiger partial charge in [0.2, 0.25) is 0 Å². The number of carbonyl (C=O) groups is 2. The highest BCUT2D eigenvalue weighted by Crippen LogP contribution is 2.26. The van der Waals surface area contributed by atoms with Crippen molar-refractivity contribution in [2.75, 3.05) is 13.2 Å². The van der Waals surface area contributed by atoms with Crippen molar-refractivity contribution in [3.05, 3.63) is 46.7 Å². The van der Waals surface area contributed by atoms with Crippen LogP contribution >= 0.6 is 15.9 Å². The minimum Gasteiger partial charge on any atom is -0.464 e. The molecule has 24 heavy (non-hydrogen) atoms. The summed E-state index contributed by atoms with van der Waals surface area (Å²) < 4.78 is 11.2. The smallest absolute Gasteiger partial charge is 0.348 e. The Bertz CT molecular complexity index is 668. The Kier molecular flexibility index (Phi) is 6.08. The van der Waals surface area contributed by atoms with E-state index in [4.69, 9.17) is 9.47 Å². The van der Waals surface area contributed by atoms with Crippen LogP contribution in [0, 0.1) is 0 Å². The minimum atomic E-state index is -1.80. The summed E-state index contributed by atoms with van der Waals surface area (Å²) in [6, 6.07) is 7.27. The topological polar surface area (TPSA) is 83.3 Å². The Labute approximate surface area is 148 Å². The predicted molar refractivity (Wildman–Crippen MR) is 89.1 cm³/mol. The number of carbonyl (C=O) groups excluding carboxylic acids is 2. The van der Waals surface area contributed by atoms with Crippen molar-refractivity contribution in [1.82, 2.24) is 15.0 Å². The van der Waals surface area contributed by atoms with E-state index in [0.29, 0.717) is 0 Å². The van der Waals surface area contributed by atoms with Crippen LogP contribution in [0.2, 0.25) is 0 Å². The van der Waals surface area contributed by atoms with E-state index in [-0.39, 0.29) is 19.6 Å². The van der Waals surface area contributed by atoms with Crippen molar-refractivity contribution in [1.29, 1.82) is 0 Å². The molecule has 1 aromatic carbocycles. The summed E-state index contributed by atoms with van der Waals surface area (Å²) in [5, 5.41) is 8.01. The molecule has 0 unspecified atom stereocenters. The largest absolute Gasteiger partial charge is 0.464 e. The van der Waals surface area contributed by atoms with Gasteiger partial charge in [0.05, 0.1) is 25.6 Å². The van der Waals surface area contributed by atoms with E-state index in [1.807, 2.05) is 12.1 Å². The highest BCUT2D eigenvalue weighted by atomic mass is 79.9. The highest BCUT2D eigenvalue weighted by molar-refractivity contribution is 9.10. The molecule has 8 heteroatoms. The number of esters is 2. The standard InChI is InChI=1S/C16H18BrN3O4/c1-3-23-14(21)16(15(22)24-4-2,20-18-9-10-19-20)11-12-5-7-13(17)8-6-12/h5-10H,3-4,11H2,1-2H3. The number of rotatable bonds is 7. The summed E-state index contributed by atoms with van der Waals surface area (Å²) in [5.41, 5.74) is -1.06. The maximum atomic E-state index is 12.7. The Hall–Kier alpha value is -2.22. The Balaban J connectivity index is 2.53. The predicted octanol–water partition coefficient (Wildman–Crippen LogP) is 2.10. The average Bonchev–Trinajstić information content (AvgIpc) is 3.09. The molecule has 128 valence electrons. The second kappa shape index (κ2) is 8.05. The van der Waals surface area contributed by atoms with Gasteiger partial charge < -0.3 is 9.47 Å². The van der Waals surface area contributed by atoms with Crippen LogP contribution in [-0.2, 0) is 31.0 Å². The number of hydrogen-bond acceptors (Lipinski definition) is 6. The van der Waals surface area contributed by atoms with Gasteiger partial charge in [-0.15, -0.1) is 0 Å². The molecule has 0 radical (unpaired) electrons. The van der Waals surface area contributed by atoms with Gasteiger partial charge in [0, 0.05) is 10.9 Å². The molecule has 0 aliphatic carbocycles. The second-order valence-corrected chi connectivity index (χ2v) is 5.84. The van der Waals surface area contributed by atoms with E-state index in [9.17, 15) is 9.59 Å². The molecular weight excluding hydrogens is 378 g/mol. The molecule has 2 aromatic rings. The zero-order chi connectivity index (χ0) is 17.6. The second-order valence-electron chi connectivity index (χ2n) is 4.92. The molecule has 0 amide bonds. The lowest BCUT2D eigenvalue weighted by Crippen LogP contribution is -2.54. The lowest BCUT2D eigenvalue weighted by atomic mass is 9.91. The molecule has 0 N–H and O–H groups in total. The molecule has 7 nitrogen and oxygen atoms in total. The zero-order valence-electron chi connectivity index (χ0n) is 13.4. The molecule has 0 spiro atoms. The third kappa shape index (κ3) is 3.64. The molecule has 0 atom stereocenters. The quantitative estimate of drug-likeness (QED) is 0.527. The fraction of sp³-hybridized carbons (Fsp3) is 0.375. The maximum Gasteiger partial charge on any atom is 0.348 e. The summed E-state index contributed by atoms with van der Waals surface area (Å²) in [6.45, 7) is 3.59. The summed E-state index contributed by atoms with van der Waals surface area (Å²) in [5.74, 6) is -1.50. The van der Waals surface area contributed by atoms with Gasteiger partial charge in [0.25, 0.3) is 5.54 Å². The lowest BCUT2D eigenvalue weighted by Gasteiger charge is -2.28. The number of aromatic nitrogens is 3. The van der Waals surface area contributed by atoms with Crippen LogP contribution in [0.3, 0.4) is 0 Å². The highest BCUT2D eigenvalue weighted by Gasteiger charge is 2.53. The first-order chi connectivity index (χ1) is 11.5. The van der Waals surface area contributed by atoms with E-state index in [0.717, 1.165) is 14.8 Å². The van der Waals surface area contributed by atoms with Gasteiger partial charge in [0.1, 0.15) is 0 Å². The first-order valence-corrected chi connectivity index (χ1v) is 8.29. The van der Waals surface area contributed by atoms with Crippen LogP contribution in [0.1, 0.15) is 19.4 Å². The number of hydrogen-bond donors (Lipinski definition) is 0. The summed E-state index contributed by atoms with van der Waals surface area (Å²) in [4.78, 5) is 26.5. The average molecular weight is 396 g/mol. The van der Waals surface area contributed by atoms with E-state index in [1.165, 1.54) is 12.4 Å². The fourth-order valence-corrected chi connectivity index (χ4v) is 2.54. The molecule has 1 aromatic heterocycles. The normalized spacial score (nSPS) is 11.1. The Morgan fingerprint density at radius 1 is 1.04 bits per heavy atom. The van der Waals surface area contributed by atoms with Crippen molar-refractivity contribution < 1.29 is 19.1 Å². The Morgan fingerprint density at radius 3 is 2.00 bits per heavy atom. The fourth-order valence-electron chi connectivity index (χ4n) is 2.27. The molecule has 0 saturated heterocycles. The minimum absolute atomic E-state index is 0.0205. The van der Waals surface area contributed by atoms with Crippen molar-refractivity contribution in [2.45, 2.75) is 25.8 Å². The van der Waals surface area contributed by atoms with Crippen LogP contribution in [0.4, 0.5) is 0 Å². The molecule has 0 aliphatic rings. The summed E-state index contributed by atoms with van der Waals surface area (Å²) >= 11 is 3.36. The van der Waals surface area contributed by atoms with Crippen molar-refractivity contribution in [3.63, 3.8) is 0 Å². The Morgan fingerprint density at radius 2 is 1.54 bits per heavy atom. The van der Waals surface area contributed by atoms with Crippen LogP contribution in [-0.4, -0.2) is 40.1 Å². The summed E-state index contributed by atoms with van der Waals surface area (Å²) in [7, 11) is 0. The van der Waals surface area contributed by atoms with Crippen LogP contribution in [0.25, 0.3) is 0 Å². The molecule has 0 aliphatic heterocycles. The van der Waals surface area contributed by atoms with Gasteiger partial charge in [-0.2, -0.15) is 15.0 Å². The molecule has 2 rings (SSSR count). The van der Waals surface area contributed by atoms with Gasteiger partial charge in [0.15, 0.2) is 0 Å². The number of ether oxygens (including phenoxy) is 2. The van der Waals surface area contributed by atoms with Crippen LogP contribution in [0.5, 0.6) is 0 Å². The molecule has 0 saturated carbocycles. The van der Waals surface area contributed by atoms with Crippen LogP contribution in [0.15, 0.2) is 41.1 Å². The maximum absolute atomic E-state index is 12.7.